The lowest BCUT2D eigenvalue weighted by molar-refractivity contribution is 0.608. The summed E-state index contributed by atoms with van der Waals surface area (Å²) in [5.74, 6) is 0.879. The molecule has 1 aliphatic carbocycles. The highest BCUT2D eigenvalue weighted by Crippen LogP contribution is 2.36. The van der Waals surface area contributed by atoms with Crippen LogP contribution in [0, 0.1) is 5.92 Å². The van der Waals surface area contributed by atoms with Crippen LogP contribution >= 0.6 is 0 Å². The molecule has 1 aromatic heterocycles. The van der Waals surface area contributed by atoms with E-state index in [1.54, 1.807) is 0 Å². The Hall–Kier alpha value is -1.09. The average Bonchev–Trinajstić information content (AvgIpc) is 3.11. The van der Waals surface area contributed by atoms with Crippen LogP contribution in [-0.4, -0.2) is 18.1 Å². The van der Waals surface area contributed by atoms with Gasteiger partial charge in [-0.15, -0.1) is 0 Å². The molecule has 1 aromatic rings. The monoisotopic (exact) mass is 205 g/mol. The molecule has 0 bridgehead atoms. The standard InChI is InChI=1S/C12H19N3/c1-9(10-3-4-10)15(2)12-5-6-14-11(7-12)8-13/h5-7,9-10H,3-4,8,13H2,1-2H3. The summed E-state index contributed by atoms with van der Waals surface area (Å²) in [7, 11) is 2.15. The van der Waals surface area contributed by atoms with E-state index in [4.69, 9.17) is 5.73 Å². The van der Waals surface area contributed by atoms with Crippen molar-refractivity contribution in [3.05, 3.63) is 24.0 Å². The lowest BCUT2D eigenvalue weighted by Gasteiger charge is -2.27. The molecule has 15 heavy (non-hydrogen) atoms. The largest absolute Gasteiger partial charge is 0.372 e. The van der Waals surface area contributed by atoms with Crippen LogP contribution in [0.1, 0.15) is 25.5 Å². The van der Waals surface area contributed by atoms with E-state index in [-0.39, 0.29) is 0 Å². The Bertz CT molecular complexity index is 333. The topological polar surface area (TPSA) is 42.2 Å². The van der Waals surface area contributed by atoms with Crippen molar-refractivity contribution in [2.75, 3.05) is 11.9 Å². The maximum Gasteiger partial charge on any atom is 0.0560 e. The number of hydrogen-bond donors (Lipinski definition) is 1. The van der Waals surface area contributed by atoms with Crippen molar-refractivity contribution in [2.45, 2.75) is 32.4 Å². The first-order chi connectivity index (χ1) is 7.22. The van der Waals surface area contributed by atoms with Gasteiger partial charge in [0.2, 0.25) is 0 Å². The zero-order valence-corrected chi connectivity index (χ0v) is 9.48. The van der Waals surface area contributed by atoms with Crippen LogP contribution in [0.3, 0.4) is 0 Å². The minimum atomic E-state index is 0.513. The molecule has 0 aromatic carbocycles. The van der Waals surface area contributed by atoms with E-state index in [2.05, 4.69) is 36.0 Å². The third kappa shape index (κ3) is 2.29. The minimum absolute atomic E-state index is 0.513. The molecule has 0 saturated heterocycles. The van der Waals surface area contributed by atoms with Gasteiger partial charge in [0.15, 0.2) is 0 Å². The van der Waals surface area contributed by atoms with Gasteiger partial charge < -0.3 is 10.6 Å². The van der Waals surface area contributed by atoms with Crippen LogP contribution in [0.5, 0.6) is 0 Å². The number of rotatable bonds is 4. The number of aromatic nitrogens is 1. The average molecular weight is 205 g/mol. The van der Waals surface area contributed by atoms with E-state index in [1.807, 2.05) is 6.20 Å². The fourth-order valence-electron chi connectivity index (χ4n) is 1.93. The zero-order valence-electron chi connectivity index (χ0n) is 9.48. The molecule has 1 aliphatic rings. The van der Waals surface area contributed by atoms with E-state index >= 15 is 0 Å². The molecule has 1 heterocycles. The van der Waals surface area contributed by atoms with Crippen LogP contribution in [0.4, 0.5) is 5.69 Å². The Morgan fingerprint density at radius 2 is 2.33 bits per heavy atom. The highest BCUT2D eigenvalue weighted by molar-refractivity contribution is 5.47. The van der Waals surface area contributed by atoms with Gasteiger partial charge in [-0.25, -0.2) is 0 Å². The summed E-state index contributed by atoms with van der Waals surface area (Å²) in [6, 6.07) is 4.76. The summed E-state index contributed by atoms with van der Waals surface area (Å²) >= 11 is 0. The van der Waals surface area contributed by atoms with Crippen LogP contribution in [0.2, 0.25) is 0 Å². The van der Waals surface area contributed by atoms with Gasteiger partial charge in [0.1, 0.15) is 0 Å². The second kappa shape index (κ2) is 4.19. The van der Waals surface area contributed by atoms with Crippen LogP contribution < -0.4 is 10.6 Å². The van der Waals surface area contributed by atoms with E-state index in [0.717, 1.165) is 11.6 Å². The third-order valence-corrected chi connectivity index (χ3v) is 3.33. The van der Waals surface area contributed by atoms with Crippen molar-refractivity contribution in [3.63, 3.8) is 0 Å². The van der Waals surface area contributed by atoms with Gasteiger partial charge in [-0.3, -0.25) is 4.98 Å². The Labute approximate surface area is 91.3 Å². The van der Waals surface area contributed by atoms with E-state index < -0.39 is 0 Å². The van der Waals surface area contributed by atoms with Gasteiger partial charge in [0.05, 0.1) is 5.69 Å². The number of pyridine rings is 1. The van der Waals surface area contributed by atoms with Crippen molar-refractivity contribution in [2.24, 2.45) is 11.7 Å². The molecule has 0 spiro atoms. The van der Waals surface area contributed by atoms with Crippen molar-refractivity contribution < 1.29 is 0 Å². The second-order valence-corrected chi connectivity index (χ2v) is 4.40. The van der Waals surface area contributed by atoms with Crippen molar-refractivity contribution in [1.29, 1.82) is 0 Å². The highest BCUT2D eigenvalue weighted by atomic mass is 15.1. The summed E-state index contributed by atoms with van der Waals surface area (Å²) in [5, 5.41) is 0. The second-order valence-electron chi connectivity index (χ2n) is 4.40. The smallest absolute Gasteiger partial charge is 0.0560 e. The summed E-state index contributed by atoms with van der Waals surface area (Å²) in [4.78, 5) is 6.54. The number of nitrogens with two attached hydrogens (primary N) is 1. The fraction of sp³-hybridized carbons (Fsp3) is 0.583. The Balaban J connectivity index is 2.12. The van der Waals surface area contributed by atoms with Crippen molar-refractivity contribution in [1.82, 2.24) is 4.98 Å². The molecule has 0 aliphatic heterocycles. The number of hydrogen-bond acceptors (Lipinski definition) is 3. The Kier molecular flexibility index (Phi) is 2.91. The lowest BCUT2D eigenvalue weighted by Crippen LogP contribution is -2.30. The summed E-state index contributed by atoms with van der Waals surface area (Å²) in [6.07, 6.45) is 4.59. The molecule has 3 nitrogen and oxygen atoms in total. The molecular weight excluding hydrogens is 186 g/mol. The molecule has 1 saturated carbocycles. The van der Waals surface area contributed by atoms with Gasteiger partial charge in [-0.2, -0.15) is 0 Å². The van der Waals surface area contributed by atoms with Gasteiger partial charge >= 0.3 is 0 Å². The minimum Gasteiger partial charge on any atom is -0.372 e. The van der Waals surface area contributed by atoms with Crippen LogP contribution in [-0.2, 0) is 6.54 Å². The SMILES string of the molecule is CC(C1CC1)N(C)c1ccnc(CN)c1. The number of anilines is 1. The van der Waals surface area contributed by atoms with E-state index in [0.29, 0.717) is 12.6 Å². The molecule has 1 fully saturated rings. The molecule has 2 rings (SSSR count). The molecule has 82 valence electrons. The molecule has 3 heteroatoms. The quantitative estimate of drug-likeness (QED) is 0.814. The van der Waals surface area contributed by atoms with Crippen LogP contribution in [0.15, 0.2) is 18.3 Å². The molecule has 0 radical (unpaired) electrons. The first-order valence-electron chi connectivity index (χ1n) is 5.60. The molecule has 1 unspecified atom stereocenters. The molecule has 1 atom stereocenters. The lowest BCUT2D eigenvalue weighted by atomic mass is 10.1. The van der Waals surface area contributed by atoms with Gasteiger partial charge in [-0.05, 0) is 37.8 Å². The Morgan fingerprint density at radius 3 is 2.93 bits per heavy atom. The van der Waals surface area contributed by atoms with Crippen LogP contribution in [0.25, 0.3) is 0 Å². The van der Waals surface area contributed by atoms with E-state index in [1.165, 1.54) is 18.5 Å². The fourth-order valence-corrected chi connectivity index (χ4v) is 1.93. The molecular formula is C12H19N3. The number of nitrogens with zero attached hydrogens (tertiary/aromatic N) is 2. The van der Waals surface area contributed by atoms with Gasteiger partial charge in [0, 0.05) is 31.5 Å². The highest BCUT2D eigenvalue weighted by Gasteiger charge is 2.30. The molecule has 0 amide bonds. The van der Waals surface area contributed by atoms with E-state index in [9.17, 15) is 0 Å². The van der Waals surface area contributed by atoms with Crippen molar-refractivity contribution in [3.8, 4) is 0 Å². The first-order valence-corrected chi connectivity index (χ1v) is 5.60. The predicted molar refractivity (Wildman–Crippen MR) is 62.7 cm³/mol. The molecule has 2 N–H and O–H groups in total. The third-order valence-electron chi connectivity index (χ3n) is 3.33. The van der Waals surface area contributed by atoms with Gasteiger partial charge in [-0.1, -0.05) is 0 Å². The summed E-state index contributed by atoms with van der Waals surface area (Å²) in [6.45, 7) is 2.81. The van der Waals surface area contributed by atoms with Crippen molar-refractivity contribution >= 4 is 5.69 Å². The normalized spacial score (nSPS) is 17.5. The summed E-state index contributed by atoms with van der Waals surface area (Å²) < 4.78 is 0. The maximum absolute atomic E-state index is 5.59. The maximum atomic E-state index is 5.59. The first kappa shape index (κ1) is 10.4. The van der Waals surface area contributed by atoms with Gasteiger partial charge in [0.25, 0.3) is 0 Å². The Morgan fingerprint density at radius 1 is 1.60 bits per heavy atom. The zero-order chi connectivity index (χ0) is 10.8. The summed E-state index contributed by atoms with van der Waals surface area (Å²) in [5.41, 5.74) is 7.77. The predicted octanol–water partition coefficient (Wildman–Crippen LogP) is 1.77.